The normalized spacial score (nSPS) is 29.3. The highest BCUT2D eigenvalue weighted by Crippen LogP contribution is 2.62. The second-order valence-corrected chi connectivity index (χ2v) is 8.97. The topological polar surface area (TPSA) is 72.3 Å². The second kappa shape index (κ2) is 6.93. The maximum absolute atomic E-state index is 13.7. The van der Waals surface area contributed by atoms with Gasteiger partial charge in [0.05, 0.1) is 12.7 Å². The maximum Gasteiger partial charge on any atom is 0.262 e. The van der Waals surface area contributed by atoms with Crippen LogP contribution in [0.25, 0.3) is 16.0 Å². The van der Waals surface area contributed by atoms with Gasteiger partial charge in [-0.2, -0.15) is 0 Å². The lowest BCUT2D eigenvalue weighted by atomic mass is 9.61. The molecule has 0 aromatic heterocycles. The summed E-state index contributed by atoms with van der Waals surface area (Å²) in [5.74, 6) is 0.248. The van der Waals surface area contributed by atoms with E-state index < -0.39 is 5.54 Å². The monoisotopic (exact) mass is 414 g/mol. The van der Waals surface area contributed by atoms with E-state index in [-0.39, 0.29) is 23.4 Å². The minimum absolute atomic E-state index is 0.0355. The number of carbonyl (C=O) groups is 1. The van der Waals surface area contributed by atoms with Gasteiger partial charge in [-0.25, -0.2) is 9.84 Å². The smallest absolute Gasteiger partial charge is 0.262 e. The maximum atomic E-state index is 13.7. The van der Waals surface area contributed by atoms with Crippen LogP contribution in [0.15, 0.2) is 47.5 Å². The molecule has 0 radical (unpaired) electrons. The molecule has 2 spiro atoms. The number of ether oxygens (including phenoxy) is 1. The SMILES string of the molecule is [C-]#[N+]c1cccc(-c2ccc3c(c2)C2(N=C(N)N(C)C2=O)C2(CCC(OC)CC2)C3)c1. The molecule has 6 nitrogen and oxygen atoms in total. The first-order valence-electron chi connectivity index (χ1n) is 10.7. The van der Waals surface area contributed by atoms with Gasteiger partial charge in [-0.05, 0) is 66.5 Å². The molecule has 1 saturated carbocycles. The van der Waals surface area contributed by atoms with Gasteiger partial charge in [-0.1, -0.05) is 30.3 Å². The summed E-state index contributed by atoms with van der Waals surface area (Å²) in [5.41, 5.74) is 9.63. The molecule has 6 heteroatoms. The van der Waals surface area contributed by atoms with Crippen molar-refractivity contribution in [1.82, 2.24) is 4.90 Å². The summed E-state index contributed by atoms with van der Waals surface area (Å²) < 4.78 is 5.61. The number of nitrogens with two attached hydrogens (primary N) is 1. The molecule has 0 saturated heterocycles. The third-order valence-electron chi connectivity index (χ3n) is 7.57. The lowest BCUT2D eigenvalue weighted by Crippen LogP contribution is -2.51. The molecular weight excluding hydrogens is 388 g/mol. The van der Waals surface area contributed by atoms with Crippen LogP contribution in [-0.4, -0.2) is 37.0 Å². The Labute approximate surface area is 182 Å². The van der Waals surface area contributed by atoms with Crippen LogP contribution in [-0.2, 0) is 21.5 Å². The van der Waals surface area contributed by atoms with Crippen LogP contribution in [0.2, 0.25) is 0 Å². The molecule has 5 rings (SSSR count). The Hall–Kier alpha value is -3.17. The van der Waals surface area contributed by atoms with Crippen molar-refractivity contribution >= 4 is 17.6 Å². The van der Waals surface area contributed by atoms with Gasteiger partial charge in [0.15, 0.2) is 17.2 Å². The number of nitrogens with zero attached hydrogens (tertiary/aromatic N) is 3. The van der Waals surface area contributed by atoms with Gasteiger partial charge in [0, 0.05) is 19.6 Å². The molecule has 0 bridgehead atoms. The molecular formula is C25H26N4O2. The molecule has 158 valence electrons. The van der Waals surface area contributed by atoms with Crippen LogP contribution in [0.5, 0.6) is 0 Å². The first-order chi connectivity index (χ1) is 14.9. The molecule has 2 N–H and O–H groups in total. The van der Waals surface area contributed by atoms with Gasteiger partial charge in [-0.3, -0.25) is 9.69 Å². The standard InChI is InChI=1S/C25H26N4O2/c1-27-19-6-4-5-16(13-19)17-7-8-18-15-24(11-9-20(31-3)10-12-24)25(21(18)14-17)22(30)29(2)23(26)28-25/h4-8,13-14,20H,9-12,15H2,2-3H3,(H2,26,28). The number of aliphatic imine (C=N–C) groups is 1. The van der Waals surface area contributed by atoms with E-state index >= 15 is 0 Å². The summed E-state index contributed by atoms with van der Waals surface area (Å²) in [6.07, 6.45) is 4.63. The molecule has 1 atom stereocenters. The molecule has 3 aliphatic rings. The van der Waals surface area contributed by atoms with E-state index in [1.54, 1.807) is 20.2 Å². The van der Waals surface area contributed by atoms with E-state index in [2.05, 4.69) is 23.0 Å². The Balaban J connectivity index is 1.67. The average molecular weight is 415 g/mol. The lowest BCUT2D eigenvalue weighted by molar-refractivity contribution is -0.137. The summed E-state index contributed by atoms with van der Waals surface area (Å²) in [7, 11) is 3.47. The number of rotatable bonds is 2. The Morgan fingerprint density at radius 2 is 1.94 bits per heavy atom. The molecule has 1 fully saturated rings. The van der Waals surface area contributed by atoms with Gasteiger partial charge in [-0.15, -0.1) is 0 Å². The molecule has 1 amide bonds. The van der Waals surface area contributed by atoms with Gasteiger partial charge in [0.2, 0.25) is 0 Å². The van der Waals surface area contributed by atoms with Crippen molar-refractivity contribution in [3.63, 3.8) is 0 Å². The second-order valence-electron chi connectivity index (χ2n) is 8.97. The van der Waals surface area contributed by atoms with Gasteiger partial charge in [0.1, 0.15) is 0 Å². The molecule has 1 aliphatic heterocycles. The van der Waals surface area contributed by atoms with Crippen molar-refractivity contribution in [3.8, 4) is 11.1 Å². The molecule has 1 heterocycles. The fraction of sp³-hybridized carbons (Fsp3) is 0.400. The molecule has 31 heavy (non-hydrogen) atoms. The van der Waals surface area contributed by atoms with Crippen LogP contribution in [0.4, 0.5) is 5.69 Å². The predicted molar refractivity (Wildman–Crippen MR) is 120 cm³/mol. The first kappa shape index (κ1) is 19.8. The fourth-order valence-corrected chi connectivity index (χ4v) is 5.86. The molecule has 2 aromatic rings. The number of carbonyl (C=O) groups excluding carboxylic acids is 1. The van der Waals surface area contributed by atoms with Crippen molar-refractivity contribution in [1.29, 1.82) is 0 Å². The van der Waals surface area contributed by atoms with Crippen LogP contribution in [0.1, 0.15) is 36.8 Å². The van der Waals surface area contributed by atoms with E-state index in [0.29, 0.717) is 5.69 Å². The predicted octanol–water partition coefficient (Wildman–Crippen LogP) is 4.02. The van der Waals surface area contributed by atoms with Crippen molar-refractivity contribution in [2.45, 2.75) is 43.7 Å². The summed E-state index contributed by atoms with van der Waals surface area (Å²) in [6.45, 7) is 7.32. The number of guanidine groups is 1. The largest absolute Gasteiger partial charge is 0.381 e. The van der Waals surface area contributed by atoms with Crippen molar-refractivity contribution in [2.75, 3.05) is 14.2 Å². The quantitative estimate of drug-likeness (QED) is 0.755. The minimum atomic E-state index is -0.979. The first-order valence-corrected chi connectivity index (χ1v) is 10.7. The third-order valence-corrected chi connectivity index (χ3v) is 7.57. The molecule has 2 aliphatic carbocycles. The van der Waals surface area contributed by atoms with Crippen molar-refractivity contribution < 1.29 is 9.53 Å². The average Bonchev–Trinajstić information content (AvgIpc) is 3.20. The third kappa shape index (κ3) is 2.66. The molecule has 1 unspecified atom stereocenters. The van der Waals surface area contributed by atoms with Crippen LogP contribution < -0.4 is 5.73 Å². The number of amides is 1. The van der Waals surface area contributed by atoms with Crippen LogP contribution in [0.3, 0.4) is 0 Å². The Bertz CT molecular complexity index is 1140. The number of hydrogen-bond donors (Lipinski definition) is 1. The van der Waals surface area contributed by atoms with E-state index in [1.165, 1.54) is 10.5 Å². The van der Waals surface area contributed by atoms with Gasteiger partial charge < -0.3 is 10.5 Å². The minimum Gasteiger partial charge on any atom is -0.381 e. The summed E-state index contributed by atoms with van der Waals surface area (Å²) in [5, 5.41) is 0. The summed E-state index contributed by atoms with van der Waals surface area (Å²) in [6, 6.07) is 13.9. The van der Waals surface area contributed by atoms with Gasteiger partial charge in [0.25, 0.3) is 5.91 Å². The van der Waals surface area contributed by atoms with Crippen LogP contribution >= 0.6 is 0 Å². The van der Waals surface area contributed by atoms with Gasteiger partial charge >= 0.3 is 0 Å². The number of hydrogen-bond acceptors (Lipinski definition) is 4. The molecule has 2 aromatic carbocycles. The Morgan fingerprint density at radius 3 is 2.58 bits per heavy atom. The zero-order valence-electron chi connectivity index (χ0n) is 17.9. The Kier molecular flexibility index (Phi) is 4.42. The summed E-state index contributed by atoms with van der Waals surface area (Å²) in [4.78, 5) is 23.7. The zero-order valence-corrected chi connectivity index (χ0v) is 17.9. The van der Waals surface area contributed by atoms with E-state index in [1.807, 2.05) is 18.2 Å². The summed E-state index contributed by atoms with van der Waals surface area (Å²) >= 11 is 0. The van der Waals surface area contributed by atoms with Crippen molar-refractivity contribution in [2.24, 2.45) is 16.1 Å². The fourth-order valence-electron chi connectivity index (χ4n) is 5.86. The highest BCUT2D eigenvalue weighted by atomic mass is 16.5. The highest BCUT2D eigenvalue weighted by Gasteiger charge is 2.66. The highest BCUT2D eigenvalue weighted by molar-refractivity contribution is 6.08. The Morgan fingerprint density at radius 1 is 1.19 bits per heavy atom. The van der Waals surface area contributed by atoms with E-state index in [4.69, 9.17) is 22.0 Å². The van der Waals surface area contributed by atoms with Crippen LogP contribution in [0, 0.1) is 12.0 Å². The van der Waals surface area contributed by atoms with E-state index in [9.17, 15) is 4.79 Å². The number of methoxy groups -OCH3 is 1. The lowest BCUT2D eigenvalue weighted by Gasteiger charge is -2.45. The number of benzene rings is 2. The zero-order chi connectivity index (χ0) is 21.8. The van der Waals surface area contributed by atoms with Crippen molar-refractivity contribution in [3.05, 3.63) is 65.0 Å². The van der Waals surface area contributed by atoms with E-state index in [0.717, 1.165) is 48.8 Å². The number of fused-ring (bicyclic) bond motifs is 3. The number of likely N-dealkylation sites (N-methyl/N-ethyl adjacent to an activating group) is 1.